The number of carbonyl (C=O) groups excluding carboxylic acids is 1. The maximum absolute atomic E-state index is 12.0. The zero-order valence-corrected chi connectivity index (χ0v) is 11.2. The molecule has 1 saturated heterocycles. The van der Waals surface area contributed by atoms with Crippen LogP contribution in [0.1, 0.15) is 12.1 Å². The van der Waals surface area contributed by atoms with Gasteiger partial charge in [0.15, 0.2) is 0 Å². The molecule has 0 bridgehead atoms. The summed E-state index contributed by atoms with van der Waals surface area (Å²) in [6.45, 7) is 3.10. The number of hydrogen-bond acceptors (Lipinski definition) is 4. The Kier molecular flexibility index (Phi) is 4.44. The second-order valence-electron chi connectivity index (χ2n) is 5.14. The maximum Gasteiger partial charge on any atom is 0.140 e. The van der Waals surface area contributed by atoms with Crippen LogP contribution in [0.25, 0.3) is 0 Å². The van der Waals surface area contributed by atoms with E-state index in [0.29, 0.717) is 18.9 Å². The van der Waals surface area contributed by atoms with Gasteiger partial charge in [-0.25, -0.2) is 0 Å². The molecule has 0 amide bonds. The van der Waals surface area contributed by atoms with Crippen LogP contribution in [0.4, 0.5) is 0 Å². The third-order valence-corrected chi connectivity index (χ3v) is 3.55. The molecule has 0 saturated carbocycles. The Bertz CT molecular complexity index is 393. The van der Waals surface area contributed by atoms with Crippen LogP contribution in [0, 0.1) is 0 Å². The Balaban J connectivity index is 1.87. The molecular formula is C14H21N3O. The summed E-state index contributed by atoms with van der Waals surface area (Å²) in [5, 5.41) is 0. The predicted molar refractivity (Wildman–Crippen MR) is 71.5 cm³/mol. The molecule has 1 aromatic rings. The molecule has 2 rings (SSSR count). The molecule has 0 aromatic carbocycles. The van der Waals surface area contributed by atoms with Gasteiger partial charge >= 0.3 is 0 Å². The average Bonchev–Trinajstić information content (AvgIpc) is 2.35. The van der Waals surface area contributed by atoms with Gasteiger partial charge in [-0.15, -0.1) is 0 Å². The average molecular weight is 247 g/mol. The van der Waals surface area contributed by atoms with E-state index in [0.717, 1.165) is 25.3 Å². The summed E-state index contributed by atoms with van der Waals surface area (Å²) in [5.41, 5.74) is 0.870. The molecule has 18 heavy (non-hydrogen) atoms. The molecule has 4 heteroatoms. The lowest BCUT2D eigenvalue weighted by molar-refractivity contribution is -0.120. The first-order valence-electron chi connectivity index (χ1n) is 6.45. The Morgan fingerprint density at radius 2 is 2.22 bits per heavy atom. The number of piperazine rings is 1. The van der Waals surface area contributed by atoms with Gasteiger partial charge in [-0.1, -0.05) is 6.07 Å². The molecule has 1 aliphatic heterocycles. The molecule has 1 fully saturated rings. The zero-order chi connectivity index (χ0) is 13.0. The summed E-state index contributed by atoms with van der Waals surface area (Å²) in [4.78, 5) is 20.8. The fraction of sp³-hybridized carbons (Fsp3) is 0.571. The van der Waals surface area contributed by atoms with Crippen molar-refractivity contribution >= 4 is 5.78 Å². The molecule has 0 N–H and O–H groups in total. The Labute approximate surface area is 109 Å². The molecule has 1 unspecified atom stereocenters. The van der Waals surface area contributed by atoms with Crippen molar-refractivity contribution in [1.29, 1.82) is 0 Å². The SMILES string of the molecule is CN1CCN(C)C(CC(=O)Cc2ccccn2)C1. The van der Waals surface area contributed by atoms with Crippen molar-refractivity contribution in [2.45, 2.75) is 18.9 Å². The molecular weight excluding hydrogens is 226 g/mol. The molecule has 98 valence electrons. The maximum atomic E-state index is 12.0. The Hall–Kier alpha value is -1.26. The van der Waals surface area contributed by atoms with Gasteiger partial charge in [-0.2, -0.15) is 0 Å². The second kappa shape index (κ2) is 6.07. The number of hydrogen-bond donors (Lipinski definition) is 0. The normalized spacial score (nSPS) is 22.0. The van der Waals surface area contributed by atoms with E-state index in [1.165, 1.54) is 0 Å². The van der Waals surface area contributed by atoms with E-state index in [1.807, 2.05) is 18.2 Å². The first-order valence-corrected chi connectivity index (χ1v) is 6.45. The van der Waals surface area contributed by atoms with Crippen LogP contribution in [0.3, 0.4) is 0 Å². The van der Waals surface area contributed by atoms with Gasteiger partial charge in [0.1, 0.15) is 5.78 Å². The van der Waals surface area contributed by atoms with Crippen molar-refractivity contribution in [3.63, 3.8) is 0 Å². The summed E-state index contributed by atoms with van der Waals surface area (Å²) in [7, 11) is 4.22. The highest BCUT2D eigenvalue weighted by molar-refractivity contribution is 5.81. The number of nitrogens with zero attached hydrogens (tertiary/aromatic N) is 3. The van der Waals surface area contributed by atoms with Crippen molar-refractivity contribution in [2.75, 3.05) is 33.7 Å². The fourth-order valence-corrected chi connectivity index (χ4v) is 2.36. The highest BCUT2D eigenvalue weighted by Gasteiger charge is 2.24. The summed E-state index contributed by atoms with van der Waals surface area (Å²) in [6.07, 6.45) is 2.81. The molecule has 1 aromatic heterocycles. The van der Waals surface area contributed by atoms with Crippen LogP contribution >= 0.6 is 0 Å². The monoisotopic (exact) mass is 247 g/mol. The lowest BCUT2D eigenvalue weighted by Gasteiger charge is -2.37. The van der Waals surface area contributed by atoms with Gasteiger partial charge in [-0.05, 0) is 26.2 Å². The number of ketones is 1. The third kappa shape index (κ3) is 3.62. The fourth-order valence-electron chi connectivity index (χ4n) is 2.36. The van der Waals surface area contributed by atoms with Gasteiger partial charge in [0, 0.05) is 50.4 Å². The number of rotatable bonds is 4. The number of likely N-dealkylation sites (N-methyl/N-ethyl adjacent to an activating group) is 2. The minimum atomic E-state index is 0.279. The second-order valence-corrected chi connectivity index (χ2v) is 5.14. The number of aromatic nitrogens is 1. The summed E-state index contributed by atoms with van der Waals surface area (Å²) >= 11 is 0. The minimum absolute atomic E-state index is 0.279. The number of carbonyl (C=O) groups is 1. The summed E-state index contributed by atoms with van der Waals surface area (Å²) < 4.78 is 0. The highest BCUT2D eigenvalue weighted by Crippen LogP contribution is 2.11. The van der Waals surface area contributed by atoms with E-state index in [-0.39, 0.29) is 5.78 Å². The van der Waals surface area contributed by atoms with E-state index >= 15 is 0 Å². The summed E-state index contributed by atoms with van der Waals surface area (Å²) in [5.74, 6) is 0.279. The smallest absolute Gasteiger partial charge is 0.140 e. The van der Waals surface area contributed by atoms with Gasteiger partial charge in [-0.3, -0.25) is 9.78 Å². The molecule has 0 aliphatic carbocycles. The van der Waals surface area contributed by atoms with Gasteiger partial charge in [0.05, 0.1) is 0 Å². The third-order valence-electron chi connectivity index (χ3n) is 3.55. The Morgan fingerprint density at radius 3 is 2.94 bits per heavy atom. The highest BCUT2D eigenvalue weighted by atomic mass is 16.1. The predicted octanol–water partition coefficient (Wildman–Crippen LogP) is 0.829. The van der Waals surface area contributed by atoms with E-state index in [9.17, 15) is 4.79 Å². The first-order chi connectivity index (χ1) is 8.65. The first kappa shape index (κ1) is 13.2. The van der Waals surface area contributed by atoms with Crippen LogP contribution in [0.5, 0.6) is 0 Å². The molecule has 0 radical (unpaired) electrons. The van der Waals surface area contributed by atoms with Crippen LogP contribution in [0.15, 0.2) is 24.4 Å². The van der Waals surface area contributed by atoms with E-state index in [1.54, 1.807) is 6.20 Å². The van der Waals surface area contributed by atoms with E-state index in [2.05, 4.69) is 28.9 Å². The lowest BCUT2D eigenvalue weighted by atomic mass is 10.0. The standard InChI is InChI=1S/C14H21N3O/c1-16-7-8-17(2)13(11-16)10-14(18)9-12-5-3-4-6-15-12/h3-6,13H,7-11H2,1-2H3. The van der Waals surface area contributed by atoms with E-state index < -0.39 is 0 Å². The van der Waals surface area contributed by atoms with Crippen LogP contribution < -0.4 is 0 Å². The number of pyridine rings is 1. The topological polar surface area (TPSA) is 36.4 Å². The van der Waals surface area contributed by atoms with Gasteiger partial charge in [0.25, 0.3) is 0 Å². The quantitative estimate of drug-likeness (QED) is 0.789. The Morgan fingerprint density at radius 1 is 1.39 bits per heavy atom. The molecule has 0 spiro atoms. The molecule has 1 aliphatic rings. The molecule has 1 atom stereocenters. The van der Waals surface area contributed by atoms with Crippen LogP contribution in [0.2, 0.25) is 0 Å². The van der Waals surface area contributed by atoms with Crippen LogP contribution in [-0.4, -0.2) is 60.3 Å². The molecule has 2 heterocycles. The lowest BCUT2D eigenvalue weighted by Crippen LogP contribution is -2.50. The van der Waals surface area contributed by atoms with Crippen molar-refractivity contribution in [3.05, 3.63) is 30.1 Å². The zero-order valence-electron chi connectivity index (χ0n) is 11.2. The minimum Gasteiger partial charge on any atom is -0.304 e. The van der Waals surface area contributed by atoms with E-state index in [4.69, 9.17) is 0 Å². The van der Waals surface area contributed by atoms with Crippen molar-refractivity contribution in [2.24, 2.45) is 0 Å². The van der Waals surface area contributed by atoms with Crippen molar-refractivity contribution in [3.8, 4) is 0 Å². The molecule has 4 nitrogen and oxygen atoms in total. The summed E-state index contributed by atoms with van der Waals surface area (Å²) in [6, 6.07) is 6.06. The van der Waals surface area contributed by atoms with Gasteiger partial charge < -0.3 is 9.80 Å². The number of Topliss-reactive ketones (excluding diaryl/α,β-unsaturated/α-hetero) is 1. The van der Waals surface area contributed by atoms with Crippen molar-refractivity contribution in [1.82, 2.24) is 14.8 Å². The largest absolute Gasteiger partial charge is 0.304 e. The van der Waals surface area contributed by atoms with Gasteiger partial charge in [0.2, 0.25) is 0 Å². The van der Waals surface area contributed by atoms with Crippen molar-refractivity contribution < 1.29 is 4.79 Å². The van der Waals surface area contributed by atoms with Crippen LogP contribution in [-0.2, 0) is 11.2 Å².